The molecule has 154 valence electrons. The Labute approximate surface area is 167 Å². The molecule has 0 saturated heterocycles. The van der Waals surface area contributed by atoms with Crippen molar-refractivity contribution in [2.24, 2.45) is 5.41 Å². The molecule has 0 spiro atoms. The predicted octanol–water partition coefficient (Wildman–Crippen LogP) is 3.97. The second kappa shape index (κ2) is 9.57. The maximum absolute atomic E-state index is 12.6. The molecule has 0 unspecified atom stereocenters. The Morgan fingerprint density at radius 1 is 1.14 bits per heavy atom. The lowest BCUT2D eigenvalue weighted by Crippen LogP contribution is -2.35. The van der Waals surface area contributed by atoms with Gasteiger partial charge in [-0.15, -0.1) is 0 Å². The van der Waals surface area contributed by atoms with Gasteiger partial charge < -0.3 is 18.9 Å². The van der Waals surface area contributed by atoms with Crippen LogP contribution in [0.25, 0.3) is 11.4 Å². The number of hydrogen-bond acceptors (Lipinski definition) is 6. The summed E-state index contributed by atoms with van der Waals surface area (Å²) in [5, 5.41) is 4.06. The van der Waals surface area contributed by atoms with E-state index >= 15 is 0 Å². The zero-order chi connectivity index (χ0) is 20.7. The minimum Gasteiger partial charge on any atom is -0.493 e. The molecule has 0 aliphatic heterocycles. The summed E-state index contributed by atoms with van der Waals surface area (Å²) in [5.41, 5.74) is 0.746. The number of ether oxygens (including phenoxy) is 2. The molecule has 28 heavy (non-hydrogen) atoms. The molecule has 1 aromatic heterocycles. The molecular formula is C21H31N3O4. The third kappa shape index (κ3) is 5.97. The van der Waals surface area contributed by atoms with Crippen molar-refractivity contribution < 1.29 is 18.8 Å². The number of benzene rings is 1. The topological polar surface area (TPSA) is 77.7 Å². The third-order valence-corrected chi connectivity index (χ3v) is 4.23. The Hall–Kier alpha value is -2.57. The van der Waals surface area contributed by atoms with Gasteiger partial charge >= 0.3 is 0 Å². The van der Waals surface area contributed by atoms with Gasteiger partial charge in [-0.3, -0.25) is 4.79 Å². The molecule has 1 amide bonds. The van der Waals surface area contributed by atoms with E-state index in [1.54, 1.807) is 20.3 Å². The molecule has 0 N–H and O–H groups in total. The van der Waals surface area contributed by atoms with Gasteiger partial charge in [-0.25, -0.2) is 0 Å². The lowest BCUT2D eigenvalue weighted by atomic mass is 9.91. The van der Waals surface area contributed by atoms with Gasteiger partial charge in [0, 0.05) is 31.5 Å². The molecule has 0 aliphatic carbocycles. The summed E-state index contributed by atoms with van der Waals surface area (Å²) in [5.74, 6) is 2.40. The molecule has 1 aromatic carbocycles. The van der Waals surface area contributed by atoms with Crippen LogP contribution in [0.2, 0.25) is 0 Å². The first-order valence-electron chi connectivity index (χ1n) is 9.60. The molecule has 2 rings (SSSR count). The number of carbonyl (C=O) groups excluding carboxylic acids is 1. The molecule has 7 nitrogen and oxygen atoms in total. The number of aromatic nitrogens is 2. The van der Waals surface area contributed by atoms with Crippen LogP contribution in [-0.4, -0.2) is 48.3 Å². The summed E-state index contributed by atoms with van der Waals surface area (Å²) in [6.07, 6.45) is 1.96. The predicted molar refractivity (Wildman–Crippen MR) is 107 cm³/mol. The maximum Gasteiger partial charge on any atom is 0.228 e. The number of rotatable bonds is 9. The van der Waals surface area contributed by atoms with E-state index in [2.05, 4.69) is 37.8 Å². The van der Waals surface area contributed by atoms with E-state index in [9.17, 15) is 4.79 Å². The van der Waals surface area contributed by atoms with Crippen molar-refractivity contribution >= 4 is 5.91 Å². The van der Waals surface area contributed by atoms with Gasteiger partial charge in [-0.1, -0.05) is 32.9 Å². The number of hydrogen-bond donors (Lipinski definition) is 0. The fraction of sp³-hybridized carbons (Fsp3) is 0.571. The van der Waals surface area contributed by atoms with Gasteiger partial charge in [0.15, 0.2) is 11.5 Å². The second-order valence-corrected chi connectivity index (χ2v) is 7.95. The van der Waals surface area contributed by atoms with Gasteiger partial charge in [-0.2, -0.15) is 4.98 Å². The summed E-state index contributed by atoms with van der Waals surface area (Å²) >= 11 is 0. The molecular weight excluding hydrogens is 358 g/mol. The van der Waals surface area contributed by atoms with Crippen LogP contribution in [0, 0.1) is 5.41 Å². The van der Waals surface area contributed by atoms with Crippen LogP contribution in [0.5, 0.6) is 11.5 Å². The molecule has 0 aliphatic rings. The number of amides is 1. The molecule has 0 atom stereocenters. The number of carbonyl (C=O) groups is 1. The highest BCUT2D eigenvalue weighted by Gasteiger charge is 2.21. The van der Waals surface area contributed by atoms with Crippen LogP contribution in [0.4, 0.5) is 0 Å². The summed E-state index contributed by atoms with van der Waals surface area (Å²) < 4.78 is 16.0. The highest BCUT2D eigenvalue weighted by molar-refractivity contribution is 5.76. The molecule has 0 radical (unpaired) electrons. The molecule has 0 bridgehead atoms. The molecule has 0 saturated carbocycles. The monoisotopic (exact) mass is 389 g/mol. The van der Waals surface area contributed by atoms with E-state index < -0.39 is 0 Å². The smallest absolute Gasteiger partial charge is 0.228 e. The zero-order valence-corrected chi connectivity index (χ0v) is 17.7. The quantitative estimate of drug-likeness (QED) is 0.646. The Bertz CT molecular complexity index is 780. The molecule has 2 aromatic rings. The first-order chi connectivity index (χ1) is 13.3. The molecule has 0 fully saturated rings. The van der Waals surface area contributed by atoms with E-state index in [-0.39, 0.29) is 11.3 Å². The maximum atomic E-state index is 12.6. The van der Waals surface area contributed by atoms with Gasteiger partial charge in [0.25, 0.3) is 0 Å². The summed E-state index contributed by atoms with van der Waals surface area (Å²) in [7, 11) is 3.17. The molecule has 1 heterocycles. The minimum absolute atomic E-state index is 0.0336. The lowest BCUT2D eigenvalue weighted by molar-refractivity contribution is -0.133. The zero-order valence-electron chi connectivity index (χ0n) is 17.7. The molecule has 7 heteroatoms. The summed E-state index contributed by atoms with van der Waals surface area (Å²) in [6.45, 7) is 9.58. The first-order valence-corrected chi connectivity index (χ1v) is 9.60. The van der Waals surface area contributed by atoms with Crippen LogP contribution in [0.15, 0.2) is 22.7 Å². The van der Waals surface area contributed by atoms with Gasteiger partial charge in [-0.05, 0) is 30.0 Å². The highest BCUT2D eigenvalue weighted by atomic mass is 16.5. The van der Waals surface area contributed by atoms with Crippen LogP contribution < -0.4 is 9.47 Å². The van der Waals surface area contributed by atoms with E-state index in [1.807, 2.05) is 17.0 Å². The minimum atomic E-state index is -0.0336. The SMILES string of the molecule is CCCN(CCc1nc(-c2ccc(OC)c(OC)c2)no1)C(=O)CC(C)(C)C. The van der Waals surface area contributed by atoms with Crippen molar-refractivity contribution in [3.63, 3.8) is 0 Å². The Morgan fingerprint density at radius 3 is 2.46 bits per heavy atom. The summed E-state index contributed by atoms with van der Waals surface area (Å²) in [4.78, 5) is 18.9. The number of methoxy groups -OCH3 is 2. The van der Waals surface area contributed by atoms with E-state index in [0.29, 0.717) is 42.6 Å². The Morgan fingerprint density at radius 2 is 1.86 bits per heavy atom. The average molecular weight is 389 g/mol. The largest absolute Gasteiger partial charge is 0.493 e. The Kier molecular flexibility index (Phi) is 7.43. The van der Waals surface area contributed by atoms with Crippen LogP contribution in [0.1, 0.15) is 46.4 Å². The van der Waals surface area contributed by atoms with Crippen molar-refractivity contribution in [2.45, 2.75) is 47.0 Å². The fourth-order valence-electron chi connectivity index (χ4n) is 2.88. The number of nitrogens with zero attached hydrogens (tertiary/aromatic N) is 3. The normalized spacial score (nSPS) is 11.4. The van der Waals surface area contributed by atoms with Crippen molar-refractivity contribution in [1.82, 2.24) is 15.0 Å². The Balaban J connectivity index is 2.06. The third-order valence-electron chi connectivity index (χ3n) is 4.23. The van der Waals surface area contributed by atoms with Crippen LogP contribution in [0.3, 0.4) is 0 Å². The van der Waals surface area contributed by atoms with Crippen molar-refractivity contribution in [3.05, 3.63) is 24.1 Å². The van der Waals surface area contributed by atoms with Gasteiger partial charge in [0.1, 0.15) is 0 Å². The van der Waals surface area contributed by atoms with Gasteiger partial charge in [0.2, 0.25) is 17.6 Å². The van der Waals surface area contributed by atoms with Gasteiger partial charge in [0.05, 0.1) is 14.2 Å². The van der Waals surface area contributed by atoms with E-state index in [0.717, 1.165) is 18.5 Å². The fourth-order valence-corrected chi connectivity index (χ4v) is 2.88. The highest BCUT2D eigenvalue weighted by Crippen LogP contribution is 2.31. The van der Waals surface area contributed by atoms with Crippen molar-refractivity contribution in [3.8, 4) is 22.9 Å². The van der Waals surface area contributed by atoms with E-state index in [4.69, 9.17) is 14.0 Å². The van der Waals surface area contributed by atoms with Crippen molar-refractivity contribution in [1.29, 1.82) is 0 Å². The van der Waals surface area contributed by atoms with Crippen molar-refractivity contribution in [2.75, 3.05) is 27.3 Å². The summed E-state index contributed by atoms with van der Waals surface area (Å²) in [6, 6.07) is 5.47. The van der Waals surface area contributed by atoms with Crippen LogP contribution in [-0.2, 0) is 11.2 Å². The second-order valence-electron chi connectivity index (χ2n) is 7.95. The van der Waals surface area contributed by atoms with E-state index in [1.165, 1.54) is 0 Å². The first kappa shape index (κ1) is 21.7. The standard InChI is InChI=1S/C21H31N3O4/c1-7-11-24(19(25)14-21(2,3)4)12-10-18-22-20(23-28-18)15-8-9-16(26-5)17(13-15)27-6/h8-9,13H,7,10-12,14H2,1-6H3. The van der Waals surface area contributed by atoms with Crippen LogP contribution >= 0.6 is 0 Å². The lowest BCUT2D eigenvalue weighted by Gasteiger charge is -2.26. The average Bonchev–Trinajstić information content (AvgIpc) is 3.12.